The summed E-state index contributed by atoms with van der Waals surface area (Å²) in [5.74, 6) is 1.29. The van der Waals surface area contributed by atoms with Crippen molar-refractivity contribution >= 4 is 17.5 Å². The van der Waals surface area contributed by atoms with Crippen LogP contribution in [0.4, 0.5) is 0 Å². The fourth-order valence-corrected chi connectivity index (χ4v) is 2.56. The Morgan fingerprint density at radius 1 is 1.09 bits per heavy atom. The quantitative estimate of drug-likeness (QED) is 0.785. The molecule has 122 valence electrons. The van der Waals surface area contributed by atoms with E-state index in [-0.39, 0.29) is 5.91 Å². The lowest BCUT2D eigenvalue weighted by Gasteiger charge is -2.09. The van der Waals surface area contributed by atoms with Crippen LogP contribution in [0, 0.1) is 0 Å². The average molecular weight is 334 g/mol. The minimum Gasteiger partial charge on any atom is -0.496 e. The second-order valence-electron chi connectivity index (χ2n) is 5.02. The van der Waals surface area contributed by atoms with Crippen LogP contribution in [0.5, 0.6) is 11.5 Å². The Morgan fingerprint density at radius 2 is 1.83 bits per heavy atom. The number of carbonyl (C=O) groups is 1. The molecular formula is C18H20ClNO3. The van der Waals surface area contributed by atoms with Crippen molar-refractivity contribution in [2.45, 2.75) is 12.8 Å². The standard InChI is InChI=1S/C18H20ClNO3/c1-22-16-8-4-3-6-13(16)7-5-11-20-18(21)14-9-10-17(23-2)15(19)12-14/h3-4,6,8-10,12H,5,7,11H2,1-2H3,(H,20,21). The maximum absolute atomic E-state index is 12.1. The molecule has 1 N–H and O–H groups in total. The summed E-state index contributed by atoms with van der Waals surface area (Å²) in [5.41, 5.74) is 1.66. The largest absolute Gasteiger partial charge is 0.496 e. The van der Waals surface area contributed by atoms with Crippen LogP contribution in [0.3, 0.4) is 0 Å². The number of hydrogen-bond donors (Lipinski definition) is 1. The summed E-state index contributed by atoms with van der Waals surface area (Å²) in [6.45, 7) is 0.584. The average Bonchev–Trinajstić information content (AvgIpc) is 2.58. The highest BCUT2D eigenvalue weighted by atomic mass is 35.5. The molecule has 0 aliphatic heterocycles. The summed E-state index contributed by atoms with van der Waals surface area (Å²) in [7, 11) is 3.20. The summed E-state index contributed by atoms with van der Waals surface area (Å²) < 4.78 is 10.4. The molecule has 0 bridgehead atoms. The van der Waals surface area contributed by atoms with Gasteiger partial charge in [0.05, 0.1) is 19.2 Å². The van der Waals surface area contributed by atoms with Gasteiger partial charge in [0.2, 0.25) is 0 Å². The van der Waals surface area contributed by atoms with Crippen LogP contribution in [-0.2, 0) is 6.42 Å². The number of methoxy groups -OCH3 is 2. The first kappa shape index (κ1) is 17.2. The number of benzene rings is 2. The third-order valence-electron chi connectivity index (χ3n) is 3.51. The first-order valence-electron chi connectivity index (χ1n) is 7.39. The van der Waals surface area contributed by atoms with Crippen molar-refractivity contribution in [1.29, 1.82) is 0 Å². The Morgan fingerprint density at radius 3 is 2.52 bits per heavy atom. The third-order valence-corrected chi connectivity index (χ3v) is 3.81. The summed E-state index contributed by atoms with van der Waals surface area (Å²) in [5, 5.41) is 3.32. The number of para-hydroxylation sites is 1. The molecule has 0 radical (unpaired) electrons. The van der Waals surface area contributed by atoms with E-state index in [1.807, 2.05) is 24.3 Å². The van der Waals surface area contributed by atoms with Gasteiger partial charge in [-0.3, -0.25) is 4.79 Å². The minimum absolute atomic E-state index is 0.144. The Hall–Kier alpha value is -2.20. The number of ether oxygens (including phenoxy) is 2. The van der Waals surface area contributed by atoms with Crippen LogP contribution < -0.4 is 14.8 Å². The van der Waals surface area contributed by atoms with E-state index < -0.39 is 0 Å². The van der Waals surface area contributed by atoms with Gasteiger partial charge in [0.1, 0.15) is 11.5 Å². The highest BCUT2D eigenvalue weighted by Gasteiger charge is 2.09. The molecule has 23 heavy (non-hydrogen) atoms. The lowest BCUT2D eigenvalue weighted by molar-refractivity contribution is 0.0953. The summed E-state index contributed by atoms with van der Waals surface area (Å²) in [6, 6.07) is 12.9. The molecule has 0 aromatic heterocycles. The normalized spacial score (nSPS) is 10.2. The van der Waals surface area contributed by atoms with Crippen molar-refractivity contribution in [3.8, 4) is 11.5 Å². The van der Waals surface area contributed by atoms with Gasteiger partial charge in [-0.2, -0.15) is 0 Å². The molecule has 1 amide bonds. The number of rotatable bonds is 7. The van der Waals surface area contributed by atoms with Crippen molar-refractivity contribution in [3.05, 3.63) is 58.6 Å². The molecule has 2 aromatic carbocycles. The first-order chi connectivity index (χ1) is 11.2. The van der Waals surface area contributed by atoms with E-state index in [9.17, 15) is 4.79 Å². The zero-order chi connectivity index (χ0) is 16.7. The van der Waals surface area contributed by atoms with Crippen molar-refractivity contribution in [2.75, 3.05) is 20.8 Å². The van der Waals surface area contributed by atoms with Gasteiger partial charge in [-0.15, -0.1) is 0 Å². The van der Waals surface area contributed by atoms with Gasteiger partial charge in [-0.05, 0) is 42.7 Å². The van der Waals surface area contributed by atoms with Crippen LogP contribution in [0.15, 0.2) is 42.5 Å². The molecule has 5 heteroatoms. The predicted molar refractivity (Wildman–Crippen MR) is 91.7 cm³/mol. The molecule has 0 aliphatic carbocycles. The molecule has 0 spiro atoms. The van der Waals surface area contributed by atoms with Gasteiger partial charge in [0.15, 0.2) is 0 Å². The summed E-state index contributed by atoms with van der Waals surface area (Å²) in [4.78, 5) is 12.1. The molecule has 4 nitrogen and oxygen atoms in total. The van der Waals surface area contributed by atoms with Gasteiger partial charge >= 0.3 is 0 Å². The highest BCUT2D eigenvalue weighted by molar-refractivity contribution is 6.32. The fourth-order valence-electron chi connectivity index (χ4n) is 2.30. The maximum Gasteiger partial charge on any atom is 0.251 e. The summed E-state index contributed by atoms with van der Waals surface area (Å²) in [6.07, 6.45) is 1.67. The van der Waals surface area contributed by atoms with E-state index >= 15 is 0 Å². The molecule has 0 saturated heterocycles. The maximum atomic E-state index is 12.1. The Balaban J connectivity index is 1.84. The van der Waals surface area contributed by atoms with Crippen molar-refractivity contribution in [1.82, 2.24) is 5.32 Å². The van der Waals surface area contributed by atoms with Crippen LogP contribution in [0.2, 0.25) is 5.02 Å². The van der Waals surface area contributed by atoms with Gasteiger partial charge < -0.3 is 14.8 Å². The lowest BCUT2D eigenvalue weighted by atomic mass is 10.1. The SMILES string of the molecule is COc1ccc(C(=O)NCCCc2ccccc2OC)cc1Cl. The fraction of sp³-hybridized carbons (Fsp3) is 0.278. The number of carbonyl (C=O) groups excluding carboxylic acids is 1. The van der Waals surface area contributed by atoms with E-state index in [0.29, 0.717) is 22.9 Å². The van der Waals surface area contributed by atoms with E-state index in [1.165, 1.54) is 0 Å². The van der Waals surface area contributed by atoms with Crippen LogP contribution in [0.1, 0.15) is 22.3 Å². The molecule has 0 aliphatic rings. The number of nitrogens with one attached hydrogen (secondary N) is 1. The first-order valence-corrected chi connectivity index (χ1v) is 7.77. The molecule has 0 heterocycles. The van der Waals surface area contributed by atoms with Gasteiger partial charge in [-0.25, -0.2) is 0 Å². The topological polar surface area (TPSA) is 47.6 Å². The zero-order valence-electron chi connectivity index (χ0n) is 13.3. The second kappa shape index (κ2) is 8.44. The molecule has 0 atom stereocenters. The number of amides is 1. The minimum atomic E-state index is -0.144. The third kappa shape index (κ3) is 4.63. The zero-order valence-corrected chi connectivity index (χ0v) is 14.0. The highest BCUT2D eigenvalue weighted by Crippen LogP contribution is 2.24. The molecule has 2 rings (SSSR count). The van der Waals surface area contributed by atoms with Crippen molar-refractivity contribution in [3.63, 3.8) is 0 Å². The monoisotopic (exact) mass is 333 g/mol. The van der Waals surface area contributed by atoms with Gasteiger partial charge in [-0.1, -0.05) is 29.8 Å². The number of hydrogen-bond acceptors (Lipinski definition) is 3. The van der Waals surface area contributed by atoms with E-state index in [4.69, 9.17) is 21.1 Å². The van der Waals surface area contributed by atoms with Crippen molar-refractivity contribution < 1.29 is 14.3 Å². The lowest BCUT2D eigenvalue weighted by Crippen LogP contribution is -2.24. The van der Waals surface area contributed by atoms with Crippen LogP contribution in [-0.4, -0.2) is 26.7 Å². The van der Waals surface area contributed by atoms with Crippen LogP contribution >= 0.6 is 11.6 Å². The Bertz CT molecular complexity index is 673. The van der Waals surface area contributed by atoms with E-state index in [2.05, 4.69) is 5.32 Å². The van der Waals surface area contributed by atoms with Crippen molar-refractivity contribution in [2.24, 2.45) is 0 Å². The Labute approximate surface area is 141 Å². The smallest absolute Gasteiger partial charge is 0.251 e. The molecule has 2 aromatic rings. The van der Waals surface area contributed by atoms with Gasteiger partial charge in [0, 0.05) is 12.1 Å². The van der Waals surface area contributed by atoms with Crippen LogP contribution in [0.25, 0.3) is 0 Å². The Kier molecular flexibility index (Phi) is 6.29. The summed E-state index contributed by atoms with van der Waals surface area (Å²) >= 11 is 6.03. The van der Waals surface area contributed by atoms with E-state index in [0.717, 1.165) is 24.2 Å². The molecule has 0 fully saturated rings. The van der Waals surface area contributed by atoms with Gasteiger partial charge in [0.25, 0.3) is 5.91 Å². The number of halogens is 1. The molecule has 0 saturated carbocycles. The number of aryl methyl sites for hydroxylation is 1. The predicted octanol–water partition coefficient (Wildman–Crippen LogP) is 3.72. The molecule has 0 unspecified atom stereocenters. The molecular weight excluding hydrogens is 314 g/mol. The second-order valence-corrected chi connectivity index (χ2v) is 5.43. The van der Waals surface area contributed by atoms with E-state index in [1.54, 1.807) is 32.4 Å².